The molecule has 4 atom stereocenters. The minimum atomic E-state index is -0.723. The highest BCUT2D eigenvalue weighted by Crippen LogP contribution is 2.28. The van der Waals surface area contributed by atoms with Crippen molar-refractivity contribution in [2.45, 2.75) is 65.6 Å². The molecule has 0 saturated heterocycles. The van der Waals surface area contributed by atoms with Crippen molar-refractivity contribution in [3.63, 3.8) is 0 Å². The largest absolute Gasteiger partial charge is 0.455 e. The molecule has 34 heavy (non-hydrogen) atoms. The quantitative estimate of drug-likeness (QED) is 0.354. The van der Waals surface area contributed by atoms with Gasteiger partial charge in [0.15, 0.2) is 6.10 Å². The van der Waals surface area contributed by atoms with Crippen LogP contribution in [0, 0.1) is 11.8 Å². The predicted molar refractivity (Wildman–Crippen MR) is 131 cm³/mol. The molecular formula is C23H39N5O5S. The molecule has 0 saturated carbocycles. The van der Waals surface area contributed by atoms with Gasteiger partial charge in [0.2, 0.25) is 11.8 Å². The van der Waals surface area contributed by atoms with E-state index in [1.165, 1.54) is 25.3 Å². The predicted octanol–water partition coefficient (Wildman–Crippen LogP) is 1.73. The molecule has 1 aromatic heterocycles. The fraction of sp³-hybridized carbons (Fsp3) is 0.696. The summed E-state index contributed by atoms with van der Waals surface area (Å²) >= 11 is 1.22. The molecule has 3 N–H and O–H groups in total. The first-order valence-corrected chi connectivity index (χ1v) is 12.4. The molecule has 1 aromatic rings. The SMILES string of the molecule is CC[C@H](C)[C@H](NC(=O)CN(C)C)C(=O)N[C@H](C[C@@H](OC(C)=O)c1nc(C(=O)NC)cs1)C(C)C. The van der Waals surface area contributed by atoms with Crippen molar-refractivity contribution in [1.82, 2.24) is 25.8 Å². The molecule has 0 fully saturated rings. The van der Waals surface area contributed by atoms with E-state index in [1.54, 1.807) is 24.4 Å². The van der Waals surface area contributed by atoms with Crippen molar-refractivity contribution in [2.75, 3.05) is 27.7 Å². The zero-order valence-electron chi connectivity index (χ0n) is 21.4. The lowest BCUT2D eigenvalue weighted by Crippen LogP contribution is -2.54. The van der Waals surface area contributed by atoms with Crippen LogP contribution in [0.5, 0.6) is 0 Å². The molecule has 0 bridgehead atoms. The Kier molecular flexibility index (Phi) is 12.2. The zero-order valence-corrected chi connectivity index (χ0v) is 22.2. The van der Waals surface area contributed by atoms with E-state index >= 15 is 0 Å². The second kappa shape index (κ2) is 14.0. The highest BCUT2D eigenvalue weighted by molar-refractivity contribution is 7.09. The average Bonchev–Trinajstić information content (AvgIpc) is 3.24. The van der Waals surface area contributed by atoms with E-state index in [-0.39, 0.29) is 54.3 Å². The molecule has 0 aliphatic rings. The number of carbonyl (C=O) groups excluding carboxylic acids is 4. The van der Waals surface area contributed by atoms with E-state index in [0.29, 0.717) is 11.4 Å². The normalized spacial score (nSPS) is 14.8. The van der Waals surface area contributed by atoms with Gasteiger partial charge in [0.05, 0.1) is 6.54 Å². The van der Waals surface area contributed by atoms with Crippen LogP contribution in [0.4, 0.5) is 0 Å². The molecule has 0 unspecified atom stereocenters. The van der Waals surface area contributed by atoms with Crippen molar-refractivity contribution in [3.05, 3.63) is 16.1 Å². The number of thiazole rings is 1. The van der Waals surface area contributed by atoms with Crippen LogP contribution in [0.25, 0.3) is 0 Å². The number of nitrogens with zero attached hydrogens (tertiary/aromatic N) is 2. The fourth-order valence-corrected chi connectivity index (χ4v) is 4.12. The number of nitrogens with one attached hydrogen (secondary N) is 3. The lowest BCUT2D eigenvalue weighted by Gasteiger charge is -2.30. The van der Waals surface area contributed by atoms with Gasteiger partial charge < -0.3 is 25.6 Å². The molecule has 0 aliphatic carbocycles. The number of ether oxygens (including phenoxy) is 1. The number of rotatable bonds is 13. The maximum atomic E-state index is 13.2. The first-order chi connectivity index (χ1) is 15.9. The molecule has 1 heterocycles. The fourth-order valence-electron chi connectivity index (χ4n) is 3.28. The Labute approximate surface area is 206 Å². The Balaban J connectivity index is 3.08. The Hall–Kier alpha value is -2.53. The first-order valence-electron chi connectivity index (χ1n) is 11.5. The molecule has 11 heteroatoms. The van der Waals surface area contributed by atoms with Gasteiger partial charge in [-0.2, -0.15) is 0 Å². The molecule has 1 rings (SSSR count). The number of amides is 3. The second-order valence-corrected chi connectivity index (χ2v) is 9.90. The van der Waals surface area contributed by atoms with Gasteiger partial charge >= 0.3 is 5.97 Å². The summed E-state index contributed by atoms with van der Waals surface area (Å²) in [7, 11) is 5.09. The molecule has 0 aliphatic heterocycles. The third kappa shape index (κ3) is 9.38. The average molecular weight is 498 g/mol. The number of esters is 1. The first kappa shape index (κ1) is 29.5. The van der Waals surface area contributed by atoms with Crippen LogP contribution in [0.1, 0.15) is 69.1 Å². The second-order valence-electron chi connectivity index (χ2n) is 9.01. The Morgan fingerprint density at radius 1 is 1.15 bits per heavy atom. The third-order valence-electron chi connectivity index (χ3n) is 5.44. The summed E-state index contributed by atoms with van der Waals surface area (Å²) < 4.78 is 5.51. The maximum Gasteiger partial charge on any atom is 0.303 e. The van der Waals surface area contributed by atoms with E-state index in [2.05, 4.69) is 20.9 Å². The summed E-state index contributed by atoms with van der Waals surface area (Å²) in [4.78, 5) is 55.3. The van der Waals surface area contributed by atoms with Gasteiger partial charge in [0.25, 0.3) is 5.91 Å². The molecule has 0 aromatic carbocycles. The van der Waals surface area contributed by atoms with Crippen LogP contribution in [0.15, 0.2) is 5.38 Å². The van der Waals surface area contributed by atoms with Crippen LogP contribution in [-0.2, 0) is 19.1 Å². The molecule has 3 amide bonds. The van der Waals surface area contributed by atoms with Gasteiger partial charge in [-0.1, -0.05) is 34.1 Å². The Morgan fingerprint density at radius 3 is 2.29 bits per heavy atom. The van der Waals surface area contributed by atoms with Crippen molar-refractivity contribution in [2.24, 2.45) is 11.8 Å². The van der Waals surface area contributed by atoms with E-state index in [9.17, 15) is 19.2 Å². The van der Waals surface area contributed by atoms with Crippen LogP contribution < -0.4 is 16.0 Å². The highest BCUT2D eigenvalue weighted by atomic mass is 32.1. The number of carbonyl (C=O) groups is 4. The Morgan fingerprint density at radius 2 is 1.79 bits per heavy atom. The van der Waals surface area contributed by atoms with E-state index < -0.39 is 18.1 Å². The summed E-state index contributed by atoms with van der Waals surface area (Å²) in [5.74, 6) is -1.39. The lowest BCUT2D eigenvalue weighted by atomic mass is 9.94. The number of hydrogen-bond acceptors (Lipinski definition) is 8. The topological polar surface area (TPSA) is 130 Å². The van der Waals surface area contributed by atoms with Crippen LogP contribution >= 0.6 is 11.3 Å². The van der Waals surface area contributed by atoms with Gasteiger partial charge in [0.1, 0.15) is 16.7 Å². The van der Waals surface area contributed by atoms with Gasteiger partial charge in [-0.25, -0.2) is 4.98 Å². The van der Waals surface area contributed by atoms with Crippen molar-refractivity contribution >= 4 is 35.0 Å². The lowest BCUT2D eigenvalue weighted by molar-refractivity contribution is -0.147. The maximum absolute atomic E-state index is 13.2. The van der Waals surface area contributed by atoms with E-state index in [4.69, 9.17) is 4.74 Å². The van der Waals surface area contributed by atoms with Crippen molar-refractivity contribution < 1.29 is 23.9 Å². The number of likely N-dealkylation sites (N-methyl/N-ethyl adjacent to an activating group) is 1. The molecule has 10 nitrogen and oxygen atoms in total. The minimum absolute atomic E-state index is 0.00967. The number of aromatic nitrogens is 1. The van der Waals surface area contributed by atoms with E-state index in [0.717, 1.165) is 0 Å². The molecular weight excluding hydrogens is 458 g/mol. The molecule has 0 radical (unpaired) electrons. The standard InChI is InChI=1S/C23H39N5O5S/c1-9-14(4)20(27-19(30)11-28(7)8)22(32)25-16(13(2)3)10-18(33-15(5)29)23-26-17(12-34-23)21(31)24-6/h12-14,16,18,20H,9-11H2,1-8H3,(H,24,31)(H,25,32)(H,27,30)/t14-,16+,18+,20-/m0/s1. The summed E-state index contributed by atoms with van der Waals surface area (Å²) in [6.07, 6.45) is 0.270. The smallest absolute Gasteiger partial charge is 0.303 e. The summed E-state index contributed by atoms with van der Waals surface area (Å²) in [5.41, 5.74) is 0.241. The van der Waals surface area contributed by atoms with E-state index in [1.807, 2.05) is 27.7 Å². The zero-order chi connectivity index (χ0) is 26.0. The van der Waals surface area contributed by atoms with Gasteiger partial charge in [0, 0.05) is 31.8 Å². The Bertz CT molecular complexity index is 841. The van der Waals surface area contributed by atoms with Crippen molar-refractivity contribution in [3.8, 4) is 0 Å². The van der Waals surface area contributed by atoms with Crippen LogP contribution in [0.3, 0.4) is 0 Å². The molecule has 0 spiro atoms. The van der Waals surface area contributed by atoms with Crippen molar-refractivity contribution in [1.29, 1.82) is 0 Å². The monoisotopic (exact) mass is 497 g/mol. The summed E-state index contributed by atoms with van der Waals surface area (Å²) in [6, 6.07) is -1.05. The van der Waals surface area contributed by atoms with Crippen LogP contribution in [0.2, 0.25) is 0 Å². The third-order valence-corrected chi connectivity index (χ3v) is 6.37. The van der Waals surface area contributed by atoms with Gasteiger partial charge in [-0.05, 0) is 25.9 Å². The summed E-state index contributed by atoms with van der Waals surface area (Å²) in [6.45, 7) is 9.28. The number of hydrogen-bond donors (Lipinski definition) is 3. The van der Waals surface area contributed by atoms with Crippen LogP contribution in [-0.4, -0.2) is 73.3 Å². The summed E-state index contributed by atoms with van der Waals surface area (Å²) in [5, 5.41) is 10.5. The van der Waals surface area contributed by atoms with Gasteiger partial charge in [-0.15, -0.1) is 11.3 Å². The van der Waals surface area contributed by atoms with Gasteiger partial charge in [-0.3, -0.25) is 19.2 Å². The molecule has 192 valence electrons. The minimum Gasteiger partial charge on any atom is -0.455 e. The highest BCUT2D eigenvalue weighted by Gasteiger charge is 2.31.